The number of thiazole rings is 1. The molecule has 0 aliphatic heterocycles. The molecule has 0 aliphatic carbocycles. The van der Waals surface area contributed by atoms with Gasteiger partial charge in [-0.25, -0.2) is 9.37 Å². The summed E-state index contributed by atoms with van der Waals surface area (Å²) < 4.78 is 13.8. The Bertz CT molecular complexity index is 544. The van der Waals surface area contributed by atoms with Crippen molar-refractivity contribution < 1.29 is 4.39 Å². The van der Waals surface area contributed by atoms with Gasteiger partial charge >= 0.3 is 0 Å². The molecule has 2 rings (SSSR count). The highest BCUT2D eigenvalue weighted by Gasteiger charge is 2.29. The fourth-order valence-electron chi connectivity index (χ4n) is 2.16. The smallest absolute Gasteiger partial charge is 0.126 e. The van der Waals surface area contributed by atoms with Crippen LogP contribution in [0.1, 0.15) is 18.2 Å². The van der Waals surface area contributed by atoms with Gasteiger partial charge in [0.2, 0.25) is 0 Å². The van der Waals surface area contributed by atoms with E-state index in [-0.39, 0.29) is 11.4 Å². The van der Waals surface area contributed by atoms with E-state index in [0.29, 0.717) is 25.1 Å². The first kappa shape index (κ1) is 15.1. The summed E-state index contributed by atoms with van der Waals surface area (Å²) in [5.74, 6) is -0.172. The third-order valence-corrected chi connectivity index (χ3v) is 4.41. The normalized spacial score (nSPS) is 14.4. The van der Waals surface area contributed by atoms with Crippen LogP contribution in [-0.2, 0) is 13.0 Å². The van der Waals surface area contributed by atoms with E-state index < -0.39 is 0 Å². The largest absolute Gasteiger partial charge is 0.329 e. The van der Waals surface area contributed by atoms with E-state index in [1.54, 1.807) is 17.4 Å². The summed E-state index contributed by atoms with van der Waals surface area (Å²) in [6, 6.07) is 6.88. The van der Waals surface area contributed by atoms with Crippen molar-refractivity contribution in [1.29, 1.82) is 0 Å². The van der Waals surface area contributed by atoms with E-state index in [2.05, 4.69) is 16.8 Å². The van der Waals surface area contributed by atoms with E-state index in [1.807, 2.05) is 30.1 Å². The Morgan fingerprint density at radius 1 is 1.40 bits per heavy atom. The fraction of sp³-hybridized carbons (Fsp3) is 0.400. The summed E-state index contributed by atoms with van der Waals surface area (Å²) in [6.07, 6.45) is 0.580. The van der Waals surface area contributed by atoms with Crippen molar-refractivity contribution in [2.24, 2.45) is 5.73 Å². The molecule has 1 aromatic carbocycles. The Hall–Kier alpha value is -1.30. The van der Waals surface area contributed by atoms with Gasteiger partial charge in [-0.3, -0.25) is 4.90 Å². The highest BCUT2D eigenvalue weighted by Crippen LogP contribution is 2.22. The predicted octanol–water partition coefficient (Wildman–Crippen LogP) is 2.67. The quantitative estimate of drug-likeness (QED) is 0.890. The Labute approximate surface area is 123 Å². The summed E-state index contributed by atoms with van der Waals surface area (Å²) in [6.45, 7) is 3.24. The summed E-state index contributed by atoms with van der Waals surface area (Å²) in [5, 5.41) is 2.02. The van der Waals surface area contributed by atoms with Crippen LogP contribution < -0.4 is 5.73 Å². The minimum Gasteiger partial charge on any atom is -0.329 e. The molecule has 0 fully saturated rings. The number of rotatable bonds is 6. The van der Waals surface area contributed by atoms with Gasteiger partial charge in [0.15, 0.2) is 0 Å². The van der Waals surface area contributed by atoms with Crippen LogP contribution in [0, 0.1) is 5.82 Å². The molecule has 0 saturated heterocycles. The van der Waals surface area contributed by atoms with Crippen molar-refractivity contribution in [2.75, 3.05) is 13.6 Å². The van der Waals surface area contributed by atoms with Gasteiger partial charge < -0.3 is 5.73 Å². The van der Waals surface area contributed by atoms with Crippen molar-refractivity contribution in [3.05, 3.63) is 52.2 Å². The summed E-state index contributed by atoms with van der Waals surface area (Å²) in [7, 11) is 2.01. The lowest BCUT2D eigenvalue weighted by Gasteiger charge is -2.38. The van der Waals surface area contributed by atoms with Crippen LogP contribution in [0.15, 0.2) is 35.2 Å². The van der Waals surface area contributed by atoms with Crippen LogP contribution >= 0.6 is 11.3 Å². The molecule has 1 atom stereocenters. The van der Waals surface area contributed by atoms with Crippen molar-refractivity contribution >= 4 is 11.3 Å². The molecule has 2 aromatic rings. The van der Waals surface area contributed by atoms with Crippen LogP contribution in [0.2, 0.25) is 0 Å². The second kappa shape index (κ2) is 6.43. The molecule has 2 N–H and O–H groups in total. The monoisotopic (exact) mass is 293 g/mol. The maximum Gasteiger partial charge on any atom is 0.126 e. The molecule has 1 unspecified atom stereocenters. The van der Waals surface area contributed by atoms with E-state index in [0.717, 1.165) is 5.69 Å². The molecule has 5 heteroatoms. The molecular weight excluding hydrogens is 273 g/mol. The number of likely N-dealkylation sites (N-methyl/N-ethyl adjacent to an activating group) is 1. The van der Waals surface area contributed by atoms with Gasteiger partial charge in [-0.05, 0) is 32.0 Å². The molecule has 0 aliphatic rings. The highest BCUT2D eigenvalue weighted by atomic mass is 32.1. The van der Waals surface area contributed by atoms with Crippen LogP contribution in [0.4, 0.5) is 4.39 Å². The zero-order valence-electron chi connectivity index (χ0n) is 11.8. The van der Waals surface area contributed by atoms with Gasteiger partial charge in [0.25, 0.3) is 0 Å². The maximum absolute atomic E-state index is 13.8. The van der Waals surface area contributed by atoms with Crippen molar-refractivity contribution in [3.63, 3.8) is 0 Å². The third-order valence-electron chi connectivity index (χ3n) is 3.77. The zero-order chi connectivity index (χ0) is 14.6. The number of nitrogens with two attached hydrogens (primary N) is 1. The molecule has 1 aromatic heterocycles. The number of nitrogens with zero attached hydrogens (tertiary/aromatic N) is 2. The summed E-state index contributed by atoms with van der Waals surface area (Å²) >= 11 is 1.58. The Kier molecular flexibility index (Phi) is 4.86. The molecule has 0 saturated carbocycles. The number of hydrogen-bond acceptors (Lipinski definition) is 4. The van der Waals surface area contributed by atoms with Crippen molar-refractivity contribution in [2.45, 2.75) is 25.4 Å². The highest BCUT2D eigenvalue weighted by molar-refractivity contribution is 7.07. The number of benzene rings is 1. The average Bonchev–Trinajstić information content (AvgIpc) is 2.94. The third kappa shape index (κ3) is 3.42. The van der Waals surface area contributed by atoms with E-state index in [4.69, 9.17) is 5.73 Å². The van der Waals surface area contributed by atoms with Crippen LogP contribution in [-0.4, -0.2) is 29.0 Å². The minimum atomic E-state index is -0.300. The molecule has 0 spiro atoms. The summed E-state index contributed by atoms with van der Waals surface area (Å²) in [5.41, 5.74) is 9.19. The number of halogens is 1. The number of hydrogen-bond donors (Lipinski definition) is 1. The van der Waals surface area contributed by atoms with Gasteiger partial charge in [-0.2, -0.15) is 0 Å². The van der Waals surface area contributed by atoms with E-state index in [1.165, 1.54) is 6.07 Å². The Morgan fingerprint density at radius 2 is 2.15 bits per heavy atom. The van der Waals surface area contributed by atoms with Crippen molar-refractivity contribution in [1.82, 2.24) is 9.88 Å². The molecule has 0 radical (unpaired) electrons. The lowest BCUT2D eigenvalue weighted by Crippen LogP contribution is -2.51. The number of aromatic nitrogens is 1. The van der Waals surface area contributed by atoms with Crippen LogP contribution in [0.3, 0.4) is 0 Å². The SMILES string of the molecule is CN(Cc1cscn1)C(C)(CN)Cc1ccccc1F. The van der Waals surface area contributed by atoms with Gasteiger partial charge in [0, 0.05) is 24.0 Å². The predicted molar refractivity (Wildman–Crippen MR) is 81.1 cm³/mol. The second-order valence-electron chi connectivity index (χ2n) is 5.31. The lowest BCUT2D eigenvalue weighted by atomic mass is 9.91. The molecule has 0 amide bonds. The van der Waals surface area contributed by atoms with Crippen LogP contribution in [0.25, 0.3) is 0 Å². The lowest BCUT2D eigenvalue weighted by molar-refractivity contribution is 0.133. The van der Waals surface area contributed by atoms with Gasteiger partial charge in [-0.1, -0.05) is 18.2 Å². The fourth-order valence-corrected chi connectivity index (χ4v) is 2.71. The standard InChI is InChI=1S/C15H20FN3S/c1-15(10-17,7-12-5-3-4-6-14(12)16)19(2)8-13-9-20-11-18-13/h3-6,9,11H,7-8,10,17H2,1-2H3. The topological polar surface area (TPSA) is 42.2 Å². The Morgan fingerprint density at radius 3 is 2.75 bits per heavy atom. The van der Waals surface area contributed by atoms with Gasteiger partial charge in [0.1, 0.15) is 5.82 Å². The van der Waals surface area contributed by atoms with Gasteiger partial charge in [-0.15, -0.1) is 11.3 Å². The Balaban J connectivity index is 2.14. The van der Waals surface area contributed by atoms with E-state index in [9.17, 15) is 4.39 Å². The van der Waals surface area contributed by atoms with Gasteiger partial charge in [0.05, 0.1) is 11.2 Å². The summed E-state index contributed by atoms with van der Waals surface area (Å²) in [4.78, 5) is 6.44. The molecule has 108 valence electrons. The molecule has 20 heavy (non-hydrogen) atoms. The molecule has 1 heterocycles. The first-order valence-corrected chi connectivity index (χ1v) is 7.51. The maximum atomic E-state index is 13.8. The molecule has 0 bridgehead atoms. The minimum absolute atomic E-state index is 0.172. The first-order chi connectivity index (χ1) is 9.55. The zero-order valence-corrected chi connectivity index (χ0v) is 12.7. The van der Waals surface area contributed by atoms with E-state index >= 15 is 0 Å². The first-order valence-electron chi connectivity index (χ1n) is 6.57. The molecule has 3 nitrogen and oxygen atoms in total. The average molecular weight is 293 g/mol. The van der Waals surface area contributed by atoms with Crippen molar-refractivity contribution in [3.8, 4) is 0 Å². The second-order valence-corrected chi connectivity index (χ2v) is 6.02. The molecular formula is C15H20FN3S. The van der Waals surface area contributed by atoms with Crippen LogP contribution in [0.5, 0.6) is 0 Å².